The van der Waals surface area contributed by atoms with E-state index in [0.29, 0.717) is 11.4 Å². The highest BCUT2D eigenvalue weighted by Gasteiger charge is 2.11. The quantitative estimate of drug-likeness (QED) is 0.762. The van der Waals surface area contributed by atoms with Crippen molar-refractivity contribution in [2.75, 3.05) is 7.11 Å². The highest BCUT2D eigenvalue weighted by Crippen LogP contribution is 2.12. The molecule has 2 rings (SSSR count). The highest BCUT2D eigenvalue weighted by atomic mass is 19.1. The van der Waals surface area contributed by atoms with Crippen molar-refractivity contribution in [2.45, 2.75) is 0 Å². The van der Waals surface area contributed by atoms with E-state index >= 15 is 0 Å². The van der Waals surface area contributed by atoms with Crippen molar-refractivity contribution in [1.82, 2.24) is 4.98 Å². The van der Waals surface area contributed by atoms with E-state index in [1.807, 2.05) is 0 Å². The van der Waals surface area contributed by atoms with Crippen LogP contribution < -0.4 is 4.74 Å². The van der Waals surface area contributed by atoms with Crippen LogP contribution in [0.2, 0.25) is 0 Å². The highest BCUT2D eigenvalue weighted by molar-refractivity contribution is 6.07. The minimum absolute atomic E-state index is 0.260. The molecule has 0 aliphatic heterocycles. The third-order valence-electron chi connectivity index (χ3n) is 2.27. The summed E-state index contributed by atoms with van der Waals surface area (Å²) in [6.07, 6.45) is 0. The Morgan fingerprint density at radius 3 is 2.53 bits per heavy atom. The lowest BCUT2D eigenvalue weighted by atomic mass is 10.1. The maximum atomic E-state index is 12.7. The van der Waals surface area contributed by atoms with E-state index in [9.17, 15) is 9.18 Å². The molecule has 0 aliphatic carbocycles. The Hall–Kier alpha value is -2.23. The van der Waals surface area contributed by atoms with Crippen molar-refractivity contribution < 1.29 is 13.9 Å². The zero-order valence-electron chi connectivity index (χ0n) is 9.18. The van der Waals surface area contributed by atoms with Crippen molar-refractivity contribution in [3.63, 3.8) is 0 Å². The second kappa shape index (κ2) is 4.74. The Morgan fingerprint density at radius 2 is 1.88 bits per heavy atom. The van der Waals surface area contributed by atoms with Gasteiger partial charge in [-0.05, 0) is 30.3 Å². The predicted octanol–water partition coefficient (Wildman–Crippen LogP) is 2.46. The van der Waals surface area contributed by atoms with Gasteiger partial charge in [-0.3, -0.25) is 4.79 Å². The van der Waals surface area contributed by atoms with Crippen LogP contribution in [0, 0.1) is 5.82 Å². The molecule has 1 heterocycles. The van der Waals surface area contributed by atoms with Crippen LogP contribution in [0.4, 0.5) is 4.39 Å². The number of halogens is 1. The number of pyridine rings is 1. The summed E-state index contributed by atoms with van der Waals surface area (Å²) < 4.78 is 17.7. The first-order chi connectivity index (χ1) is 8.20. The number of ketones is 1. The Morgan fingerprint density at radius 1 is 1.18 bits per heavy atom. The van der Waals surface area contributed by atoms with Crippen molar-refractivity contribution in [1.29, 1.82) is 0 Å². The van der Waals surface area contributed by atoms with Crippen molar-refractivity contribution in [3.8, 4) is 5.88 Å². The van der Waals surface area contributed by atoms with E-state index in [1.54, 1.807) is 18.2 Å². The van der Waals surface area contributed by atoms with Gasteiger partial charge in [0, 0.05) is 11.6 Å². The van der Waals surface area contributed by atoms with Gasteiger partial charge in [0.05, 0.1) is 7.11 Å². The molecule has 1 aromatic carbocycles. The number of ether oxygens (including phenoxy) is 1. The van der Waals surface area contributed by atoms with Gasteiger partial charge in [0.2, 0.25) is 11.7 Å². The van der Waals surface area contributed by atoms with Crippen LogP contribution in [0.3, 0.4) is 0 Å². The number of rotatable bonds is 3. The molecular weight excluding hydrogens is 221 g/mol. The fourth-order valence-electron chi connectivity index (χ4n) is 1.40. The molecule has 0 unspecified atom stereocenters. The molecule has 1 aromatic heterocycles. The number of methoxy groups -OCH3 is 1. The molecule has 3 nitrogen and oxygen atoms in total. The molecule has 0 fully saturated rings. The van der Waals surface area contributed by atoms with Gasteiger partial charge in [-0.1, -0.05) is 6.07 Å². The number of hydrogen-bond acceptors (Lipinski definition) is 3. The van der Waals surface area contributed by atoms with E-state index in [1.165, 1.54) is 31.4 Å². The van der Waals surface area contributed by atoms with E-state index in [2.05, 4.69) is 4.98 Å². The molecule has 17 heavy (non-hydrogen) atoms. The number of aromatic nitrogens is 1. The van der Waals surface area contributed by atoms with Crippen molar-refractivity contribution in [3.05, 3.63) is 59.5 Å². The lowest BCUT2D eigenvalue weighted by Gasteiger charge is -2.02. The summed E-state index contributed by atoms with van der Waals surface area (Å²) in [6.45, 7) is 0. The third kappa shape index (κ3) is 2.47. The Labute approximate surface area is 97.9 Å². The minimum atomic E-state index is -0.375. The smallest absolute Gasteiger partial charge is 0.213 e. The molecule has 0 saturated heterocycles. The predicted molar refractivity (Wildman–Crippen MR) is 60.6 cm³/mol. The summed E-state index contributed by atoms with van der Waals surface area (Å²) in [7, 11) is 1.48. The Balaban J connectivity index is 2.33. The first kappa shape index (κ1) is 11.3. The van der Waals surface area contributed by atoms with E-state index in [-0.39, 0.29) is 17.3 Å². The average Bonchev–Trinajstić information content (AvgIpc) is 2.39. The molecule has 86 valence electrons. The standard InChI is InChI=1S/C13H10FNO2/c1-17-12-4-2-3-11(15-12)13(16)9-5-7-10(14)8-6-9/h2-8H,1H3. The van der Waals surface area contributed by atoms with Gasteiger partial charge >= 0.3 is 0 Å². The fraction of sp³-hybridized carbons (Fsp3) is 0.0769. The average molecular weight is 231 g/mol. The zero-order chi connectivity index (χ0) is 12.3. The van der Waals surface area contributed by atoms with Gasteiger partial charge in [-0.2, -0.15) is 0 Å². The lowest BCUT2D eigenvalue weighted by Crippen LogP contribution is -2.04. The monoisotopic (exact) mass is 231 g/mol. The Kier molecular flexibility index (Phi) is 3.14. The summed E-state index contributed by atoms with van der Waals surface area (Å²) in [6, 6.07) is 10.3. The first-order valence-corrected chi connectivity index (χ1v) is 5.02. The second-order valence-electron chi connectivity index (χ2n) is 3.40. The molecule has 0 spiro atoms. The van der Waals surface area contributed by atoms with E-state index < -0.39 is 0 Å². The topological polar surface area (TPSA) is 39.2 Å². The number of carbonyl (C=O) groups excluding carboxylic acids is 1. The van der Waals surface area contributed by atoms with Gasteiger partial charge in [0.15, 0.2) is 0 Å². The molecule has 2 aromatic rings. The maximum Gasteiger partial charge on any atom is 0.213 e. The minimum Gasteiger partial charge on any atom is -0.481 e. The second-order valence-corrected chi connectivity index (χ2v) is 3.40. The third-order valence-corrected chi connectivity index (χ3v) is 2.27. The molecular formula is C13H10FNO2. The van der Waals surface area contributed by atoms with E-state index in [0.717, 1.165) is 0 Å². The van der Waals surface area contributed by atoms with Crippen LogP contribution in [-0.2, 0) is 0 Å². The Bertz CT molecular complexity index is 537. The van der Waals surface area contributed by atoms with Gasteiger partial charge < -0.3 is 4.74 Å². The maximum absolute atomic E-state index is 12.7. The van der Waals surface area contributed by atoms with Crippen LogP contribution in [-0.4, -0.2) is 17.9 Å². The number of nitrogens with zero attached hydrogens (tertiary/aromatic N) is 1. The molecule has 0 N–H and O–H groups in total. The summed E-state index contributed by atoms with van der Waals surface area (Å²) in [5.74, 6) is -0.262. The van der Waals surface area contributed by atoms with Crippen LogP contribution in [0.25, 0.3) is 0 Å². The zero-order valence-corrected chi connectivity index (χ0v) is 9.18. The van der Waals surface area contributed by atoms with Crippen LogP contribution in [0.5, 0.6) is 5.88 Å². The number of carbonyl (C=O) groups is 1. The first-order valence-electron chi connectivity index (χ1n) is 5.02. The largest absolute Gasteiger partial charge is 0.481 e. The molecule has 4 heteroatoms. The lowest BCUT2D eigenvalue weighted by molar-refractivity contribution is 0.103. The number of hydrogen-bond donors (Lipinski definition) is 0. The molecule has 0 bridgehead atoms. The summed E-state index contributed by atoms with van der Waals surface area (Å²) in [5.41, 5.74) is 0.670. The van der Waals surface area contributed by atoms with Gasteiger partial charge in [0.25, 0.3) is 0 Å². The molecule has 0 amide bonds. The van der Waals surface area contributed by atoms with Crippen LogP contribution in [0.15, 0.2) is 42.5 Å². The van der Waals surface area contributed by atoms with Crippen molar-refractivity contribution >= 4 is 5.78 Å². The summed E-state index contributed by atoms with van der Waals surface area (Å²) >= 11 is 0. The van der Waals surface area contributed by atoms with Gasteiger partial charge in [0.1, 0.15) is 11.5 Å². The van der Waals surface area contributed by atoms with Crippen molar-refractivity contribution in [2.24, 2.45) is 0 Å². The fourth-order valence-corrected chi connectivity index (χ4v) is 1.40. The van der Waals surface area contributed by atoms with Gasteiger partial charge in [-0.15, -0.1) is 0 Å². The van der Waals surface area contributed by atoms with Crippen LogP contribution in [0.1, 0.15) is 16.1 Å². The molecule has 0 atom stereocenters. The molecule has 0 aliphatic rings. The van der Waals surface area contributed by atoms with E-state index in [4.69, 9.17) is 4.74 Å². The normalized spacial score (nSPS) is 10.0. The summed E-state index contributed by atoms with van der Waals surface area (Å²) in [5, 5.41) is 0. The SMILES string of the molecule is COc1cccc(C(=O)c2ccc(F)cc2)n1. The van der Waals surface area contributed by atoms with Crippen LogP contribution >= 0.6 is 0 Å². The summed E-state index contributed by atoms with van der Waals surface area (Å²) in [4.78, 5) is 16.0. The molecule has 0 radical (unpaired) electrons. The molecule has 0 saturated carbocycles. The van der Waals surface area contributed by atoms with Gasteiger partial charge in [-0.25, -0.2) is 9.37 Å². The number of benzene rings is 1.